The summed E-state index contributed by atoms with van der Waals surface area (Å²) in [6, 6.07) is 0. The summed E-state index contributed by atoms with van der Waals surface area (Å²) in [5, 5.41) is 0. The Morgan fingerprint density at radius 3 is 2.92 bits per heavy atom. The minimum absolute atomic E-state index is 0.0209. The number of halogens is 1. The molecule has 0 aromatic rings. The van der Waals surface area contributed by atoms with Gasteiger partial charge in [-0.1, -0.05) is 0 Å². The van der Waals surface area contributed by atoms with Gasteiger partial charge in [-0.25, -0.2) is 4.57 Å². The summed E-state index contributed by atoms with van der Waals surface area (Å²) < 4.78 is 26.2. The second-order valence-electron chi connectivity index (χ2n) is 2.78. The van der Waals surface area contributed by atoms with Gasteiger partial charge in [-0.15, -0.1) is 0 Å². The summed E-state index contributed by atoms with van der Waals surface area (Å²) in [7, 11) is 0. The fraction of sp³-hybridized carbons (Fsp3) is 1.00. The van der Waals surface area contributed by atoms with Crippen molar-refractivity contribution in [2.75, 3.05) is 19.8 Å². The third-order valence-corrected chi connectivity index (χ3v) is 3.33. The maximum Gasteiger partial charge on any atom is 0.424 e. The highest BCUT2D eigenvalue weighted by Crippen LogP contribution is 2.53. The van der Waals surface area contributed by atoms with Crippen molar-refractivity contribution in [1.82, 2.24) is 0 Å². The van der Waals surface area contributed by atoms with Crippen LogP contribution in [-0.2, 0) is 18.3 Å². The highest BCUT2D eigenvalue weighted by atomic mass is 35.7. The number of hydrogen-bond donors (Lipinski definition) is 0. The molecule has 4 nitrogen and oxygen atoms in total. The van der Waals surface area contributed by atoms with E-state index in [2.05, 4.69) is 0 Å². The van der Waals surface area contributed by atoms with Crippen LogP contribution in [0.3, 0.4) is 0 Å². The molecule has 0 saturated carbocycles. The van der Waals surface area contributed by atoms with E-state index < -0.39 is 6.95 Å². The molecule has 1 heterocycles. The number of ether oxygens (including phenoxy) is 1. The number of hydrogen-bond acceptors (Lipinski definition) is 4. The van der Waals surface area contributed by atoms with Crippen LogP contribution in [0.2, 0.25) is 0 Å². The third-order valence-electron chi connectivity index (χ3n) is 1.72. The molecule has 2 unspecified atom stereocenters. The second-order valence-corrected chi connectivity index (χ2v) is 5.40. The van der Waals surface area contributed by atoms with Gasteiger partial charge in [0.25, 0.3) is 0 Å². The van der Waals surface area contributed by atoms with E-state index in [4.69, 9.17) is 25.0 Å². The van der Waals surface area contributed by atoms with Gasteiger partial charge in [0.1, 0.15) is 0 Å². The Morgan fingerprint density at radius 2 is 2.38 bits per heavy atom. The van der Waals surface area contributed by atoms with Gasteiger partial charge in [0.05, 0.1) is 19.3 Å². The molecule has 13 heavy (non-hydrogen) atoms. The zero-order chi connectivity index (χ0) is 9.73. The lowest BCUT2D eigenvalue weighted by Gasteiger charge is -2.13. The summed E-state index contributed by atoms with van der Waals surface area (Å²) >= 11 is 5.47. The van der Waals surface area contributed by atoms with Gasteiger partial charge in [0.15, 0.2) is 0 Å². The highest BCUT2D eigenvalue weighted by Gasteiger charge is 2.24. The van der Waals surface area contributed by atoms with E-state index in [0.717, 1.165) is 19.4 Å². The lowest BCUT2D eigenvalue weighted by atomic mass is 10.2. The normalized spacial score (nSPS) is 27.4. The maximum atomic E-state index is 11.2. The molecule has 0 aliphatic carbocycles. The van der Waals surface area contributed by atoms with Gasteiger partial charge >= 0.3 is 6.95 Å². The smallest absolute Gasteiger partial charge is 0.376 e. The Hall–Kier alpha value is 0.400. The van der Waals surface area contributed by atoms with Gasteiger partial charge in [0.2, 0.25) is 0 Å². The lowest BCUT2D eigenvalue weighted by Crippen LogP contribution is -2.12. The van der Waals surface area contributed by atoms with Crippen LogP contribution >= 0.6 is 18.2 Å². The first-order valence-electron chi connectivity index (χ1n) is 4.34. The molecule has 1 aliphatic rings. The quantitative estimate of drug-likeness (QED) is 0.679. The SMILES string of the molecule is CCOP(=O)(Cl)OCC1CCCO1. The van der Waals surface area contributed by atoms with Crippen molar-refractivity contribution in [2.24, 2.45) is 0 Å². The van der Waals surface area contributed by atoms with Crippen molar-refractivity contribution in [3.8, 4) is 0 Å². The molecule has 1 rings (SSSR count). The molecule has 0 aromatic heterocycles. The predicted molar refractivity (Wildman–Crippen MR) is 50.0 cm³/mol. The van der Waals surface area contributed by atoms with Gasteiger partial charge in [-0.3, -0.25) is 9.05 Å². The Morgan fingerprint density at radius 1 is 1.62 bits per heavy atom. The van der Waals surface area contributed by atoms with Gasteiger partial charge in [0, 0.05) is 17.8 Å². The van der Waals surface area contributed by atoms with Crippen LogP contribution in [0.15, 0.2) is 0 Å². The van der Waals surface area contributed by atoms with Crippen molar-refractivity contribution in [1.29, 1.82) is 0 Å². The Bertz CT molecular complexity index is 193. The molecule has 2 atom stereocenters. The molecule has 1 aliphatic heterocycles. The van der Waals surface area contributed by atoms with Crippen molar-refractivity contribution in [3.63, 3.8) is 0 Å². The monoisotopic (exact) mass is 228 g/mol. The first kappa shape index (κ1) is 11.5. The van der Waals surface area contributed by atoms with Crippen molar-refractivity contribution in [2.45, 2.75) is 25.9 Å². The van der Waals surface area contributed by atoms with Gasteiger partial charge in [-0.2, -0.15) is 0 Å². The molecule has 0 N–H and O–H groups in total. The zero-order valence-electron chi connectivity index (χ0n) is 7.57. The molecule has 0 bridgehead atoms. The third kappa shape index (κ3) is 4.43. The molecule has 1 saturated heterocycles. The minimum Gasteiger partial charge on any atom is -0.376 e. The first-order valence-corrected chi connectivity index (χ1v) is 6.79. The average molecular weight is 229 g/mol. The molecule has 0 amide bonds. The van der Waals surface area contributed by atoms with Crippen LogP contribution in [-0.4, -0.2) is 25.9 Å². The molecular weight excluding hydrogens is 214 g/mol. The van der Waals surface area contributed by atoms with E-state index in [1.54, 1.807) is 6.92 Å². The summed E-state index contributed by atoms with van der Waals surface area (Å²) in [5.41, 5.74) is 0. The standard InChI is InChI=1S/C7H14ClO4P/c1-2-11-13(8,9)12-6-7-4-3-5-10-7/h7H,2-6H2,1H3. The first-order chi connectivity index (χ1) is 6.14. The van der Waals surface area contributed by atoms with Crippen LogP contribution in [0.1, 0.15) is 19.8 Å². The second kappa shape index (κ2) is 5.32. The van der Waals surface area contributed by atoms with Crippen LogP contribution in [0.25, 0.3) is 0 Å². The molecule has 78 valence electrons. The maximum absolute atomic E-state index is 11.2. The molecule has 0 spiro atoms. The van der Waals surface area contributed by atoms with E-state index in [9.17, 15) is 4.57 Å². The van der Waals surface area contributed by atoms with Crippen LogP contribution in [0.4, 0.5) is 0 Å². The molecule has 0 radical (unpaired) electrons. The summed E-state index contributed by atoms with van der Waals surface area (Å²) in [4.78, 5) is 0. The van der Waals surface area contributed by atoms with E-state index >= 15 is 0 Å². The average Bonchev–Trinajstić information content (AvgIpc) is 2.52. The summed E-state index contributed by atoms with van der Waals surface area (Å²) in [6.45, 7) is -0.360. The topological polar surface area (TPSA) is 44.8 Å². The predicted octanol–water partition coefficient (Wildman–Crippen LogP) is 2.57. The fourth-order valence-corrected chi connectivity index (χ4v) is 2.33. The van der Waals surface area contributed by atoms with Gasteiger partial charge < -0.3 is 4.74 Å². The molecule has 1 fully saturated rings. The van der Waals surface area contributed by atoms with Gasteiger partial charge in [-0.05, 0) is 19.8 Å². The van der Waals surface area contributed by atoms with Crippen LogP contribution < -0.4 is 0 Å². The minimum atomic E-state index is -3.35. The lowest BCUT2D eigenvalue weighted by molar-refractivity contribution is 0.0626. The van der Waals surface area contributed by atoms with E-state index in [1.165, 1.54) is 0 Å². The molecule has 6 heteroatoms. The van der Waals surface area contributed by atoms with Crippen LogP contribution in [0.5, 0.6) is 0 Å². The molecular formula is C7H14ClO4P. The van der Waals surface area contributed by atoms with Crippen molar-refractivity contribution < 1.29 is 18.3 Å². The Kier molecular flexibility index (Phi) is 4.70. The highest BCUT2D eigenvalue weighted by molar-refractivity contribution is 7.81. The largest absolute Gasteiger partial charge is 0.424 e. The van der Waals surface area contributed by atoms with Crippen molar-refractivity contribution >= 4 is 18.2 Å². The Balaban J connectivity index is 2.20. The number of rotatable bonds is 5. The molecule has 0 aromatic carbocycles. The summed E-state index contributed by atoms with van der Waals surface area (Å²) in [5.74, 6) is 0. The fourth-order valence-electron chi connectivity index (χ4n) is 1.14. The zero-order valence-corrected chi connectivity index (χ0v) is 9.22. The van der Waals surface area contributed by atoms with E-state index in [1.807, 2.05) is 0 Å². The van der Waals surface area contributed by atoms with Crippen LogP contribution in [0, 0.1) is 0 Å². The van der Waals surface area contributed by atoms with E-state index in [-0.39, 0.29) is 19.3 Å². The Labute approximate surface area is 82.8 Å². The summed E-state index contributed by atoms with van der Waals surface area (Å²) in [6.07, 6.45) is 1.98. The van der Waals surface area contributed by atoms with E-state index in [0.29, 0.717) is 0 Å². The van der Waals surface area contributed by atoms with Crippen molar-refractivity contribution in [3.05, 3.63) is 0 Å².